The van der Waals surface area contributed by atoms with Crippen LogP contribution in [-0.2, 0) is 6.18 Å². The maximum absolute atomic E-state index is 13.1. The third-order valence-electron chi connectivity index (χ3n) is 2.99. The fourth-order valence-electron chi connectivity index (χ4n) is 2.05. The molecular weight excluding hydrogens is 338 g/mol. The molecule has 0 saturated heterocycles. The average Bonchev–Trinajstić information content (AvgIpc) is 2.45. The van der Waals surface area contributed by atoms with Crippen molar-refractivity contribution in [3.63, 3.8) is 0 Å². The molecule has 0 bridgehead atoms. The zero-order valence-corrected chi connectivity index (χ0v) is 12.2. The van der Waals surface area contributed by atoms with E-state index in [1.807, 2.05) is 0 Å². The van der Waals surface area contributed by atoms with Gasteiger partial charge in [0.05, 0.1) is 16.6 Å². The highest BCUT2D eigenvalue weighted by molar-refractivity contribution is 6.35. The first-order chi connectivity index (χ1) is 10.4. The largest absolute Gasteiger partial charge is 0.417 e. The summed E-state index contributed by atoms with van der Waals surface area (Å²) in [6.45, 7) is 0. The number of pyridine rings is 1. The molecule has 3 rings (SSSR count). The van der Waals surface area contributed by atoms with Gasteiger partial charge in [-0.15, -0.1) is 0 Å². The van der Waals surface area contributed by atoms with Crippen LogP contribution >= 0.6 is 23.2 Å². The van der Waals surface area contributed by atoms with Crippen molar-refractivity contribution in [1.82, 2.24) is 15.0 Å². The highest BCUT2D eigenvalue weighted by Crippen LogP contribution is 2.36. The molecule has 0 N–H and O–H groups in total. The normalized spacial score (nSPS) is 11.9. The minimum atomic E-state index is -4.48. The van der Waals surface area contributed by atoms with Gasteiger partial charge in [0.15, 0.2) is 5.65 Å². The molecule has 2 heterocycles. The summed E-state index contributed by atoms with van der Waals surface area (Å²) < 4.78 is 39.2. The van der Waals surface area contributed by atoms with E-state index in [0.29, 0.717) is 5.39 Å². The maximum atomic E-state index is 13.1. The van der Waals surface area contributed by atoms with Crippen molar-refractivity contribution in [3.8, 4) is 11.3 Å². The van der Waals surface area contributed by atoms with Crippen molar-refractivity contribution in [3.05, 3.63) is 52.4 Å². The van der Waals surface area contributed by atoms with Gasteiger partial charge >= 0.3 is 6.18 Å². The highest BCUT2D eigenvalue weighted by Gasteiger charge is 2.33. The molecule has 3 nitrogen and oxygen atoms in total. The molecule has 0 unspecified atom stereocenters. The first-order valence-corrected chi connectivity index (χ1v) is 6.78. The van der Waals surface area contributed by atoms with Crippen LogP contribution in [0.3, 0.4) is 0 Å². The number of benzene rings is 1. The summed E-state index contributed by atoms with van der Waals surface area (Å²) in [7, 11) is 0. The number of fused-ring (bicyclic) bond motifs is 1. The van der Waals surface area contributed by atoms with E-state index < -0.39 is 11.7 Å². The van der Waals surface area contributed by atoms with Crippen molar-refractivity contribution in [2.24, 2.45) is 0 Å². The summed E-state index contributed by atoms with van der Waals surface area (Å²) in [5.74, 6) is 0. The van der Waals surface area contributed by atoms with Gasteiger partial charge in [-0.2, -0.15) is 18.2 Å². The molecular formula is C14H6Cl2F3N3. The molecule has 0 saturated carbocycles. The number of rotatable bonds is 1. The molecule has 0 spiro atoms. The van der Waals surface area contributed by atoms with Crippen LogP contribution in [0.5, 0.6) is 0 Å². The third kappa shape index (κ3) is 2.71. The first-order valence-electron chi connectivity index (χ1n) is 6.02. The second-order valence-electron chi connectivity index (χ2n) is 4.39. The lowest BCUT2D eigenvalue weighted by Crippen LogP contribution is -2.07. The van der Waals surface area contributed by atoms with E-state index in [9.17, 15) is 13.2 Å². The Morgan fingerprint density at radius 1 is 0.864 bits per heavy atom. The summed E-state index contributed by atoms with van der Waals surface area (Å²) in [6.07, 6.45) is -4.48. The van der Waals surface area contributed by atoms with Crippen LogP contribution in [0.1, 0.15) is 5.56 Å². The fraction of sp³-hybridized carbons (Fsp3) is 0.0714. The van der Waals surface area contributed by atoms with Crippen molar-refractivity contribution in [2.45, 2.75) is 6.18 Å². The lowest BCUT2D eigenvalue weighted by atomic mass is 10.0. The molecule has 0 radical (unpaired) electrons. The molecule has 0 atom stereocenters. The Hall–Kier alpha value is -1.92. The summed E-state index contributed by atoms with van der Waals surface area (Å²) in [6, 6.07) is 8.14. The van der Waals surface area contributed by atoms with Crippen LogP contribution in [-0.4, -0.2) is 15.0 Å². The van der Waals surface area contributed by atoms with Gasteiger partial charge in [-0.1, -0.05) is 29.8 Å². The van der Waals surface area contributed by atoms with Gasteiger partial charge in [0.1, 0.15) is 5.15 Å². The number of hydrogen-bond acceptors (Lipinski definition) is 3. The molecule has 2 aromatic heterocycles. The molecule has 3 aromatic rings. The van der Waals surface area contributed by atoms with E-state index in [-0.39, 0.29) is 27.3 Å². The van der Waals surface area contributed by atoms with Crippen molar-refractivity contribution in [2.75, 3.05) is 0 Å². The van der Waals surface area contributed by atoms with Crippen LogP contribution < -0.4 is 0 Å². The Labute approximate surface area is 132 Å². The number of halogens is 5. The Morgan fingerprint density at radius 2 is 1.59 bits per heavy atom. The van der Waals surface area contributed by atoms with Gasteiger partial charge < -0.3 is 0 Å². The smallest absolute Gasteiger partial charge is 0.228 e. The Balaban J connectivity index is 2.24. The third-order valence-corrected chi connectivity index (χ3v) is 3.45. The van der Waals surface area contributed by atoms with Crippen molar-refractivity contribution in [1.29, 1.82) is 0 Å². The monoisotopic (exact) mass is 343 g/mol. The van der Waals surface area contributed by atoms with Gasteiger partial charge in [-0.25, -0.2) is 9.97 Å². The lowest BCUT2D eigenvalue weighted by Gasteiger charge is -2.12. The molecule has 1 aromatic carbocycles. The number of hydrogen-bond donors (Lipinski definition) is 0. The number of nitrogens with zero attached hydrogens (tertiary/aromatic N) is 3. The van der Waals surface area contributed by atoms with Crippen LogP contribution in [0.15, 0.2) is 36.4 Å². The van der Waals surface area contributed by atoms with Crippen LogP contribution in [0.2, 0.25) is 10.4 Å². The predicted octanol–water partition coefficient (Wildman–Crippen LogP) is 5.02. The summed E-state index contributed by atoms with van der Waals surface area (Å²) in [4.78, 5) is 11.8. The summed E-state index contributed by atoms with van der Waals surface area (Å²) in [5, 5.41) is 0.392. The van der Waals surface area contributed by atoms with Gasteiger partial charge in [0.25, 0.3) is 0 Å². The second kappa shape index (κ2) is 5.37. The van der Waals surface area contributed by atoms with E-state index in [0.717, 1.165) is 6.07 Å². The van der Waals surface area contributed by atoms with E-state index >= 15 is 0 Å². The SMILES string of the molecule is FC(F)(F)c1ccccc1-c1ccc2c(Cl)nc(Cl)nc2n1. The molecule has 0 amide bonds. The Morgan fingerprint density at radius 3 is 2.32 bits per heavy atom. The van der Waals surface area contributed by atoms with E-state index in [1.165, 1.54) is 30.3 Å². The molecule has 112 valence electrons. The molecule has 0 fully saturated rings. The maximum Gasteiger partial charge on any atom is 0.417 e. The van der Waals surface area contributed by atoms with Crippen LogP contribution in [0.4, 0.5) is 13.2 Å². The van der Waals surface area contributed by atoms with Crippen LogP contribution in [0, 0.1) is 0 Å². The minimum Gasteiger partial charge on any atom is -0.228 e. The molecule has 0 aliphatic carbocycles. The van der Waals surface area contributed by atoms with Gasteiger partial charge in [0, 0.05) is 5.56 Å². The zero-order chi connectivity index (χ0) is 15.9. The predicted molar refractivity (Wildman–Crippen MR) is 77.8 cm³/mol. The topological polar surface area (TPSA) is 38.7 Å². The van der Waals surface area contributed by atoms with Crippen molar-refractivity contribution < 1.29 is 13.2 Å². The highest BCUT2D eigenvalue weighted by atomic mass is 35.5. The fourth-order valence-corrected chi connectivity index (χ4v) is 2.49. The molecule has 0 aliphatic heterocycles. The lowest BCUT2D eigenvalue weighted by molar-refractivity contribution is -0.137. The van der Waals surface area contributed by atoms with E-state index in [2.05, 4.69) is 15.0 Å². The Bertz CT molecular complexity index is 866. The quantitative estimate of drug-likeness (QED) is 0.460. The average molecular weight is 344 g/mol. The molecule has 22 heavy (non-hydrogen) atoms. The minimum absolute atomic E-state index is 0.0391. The van der Waals surface area contributed by atoms with E-state index in [1.54, 1.807) is 0 Å². The number of aromatic nitrogens is 3. The second-order valence-corrected chi connectivity index (χ2v) is 5.09. The van der Waals surface area contributed by atoms with Crippen molar-refractivity contribution >= 4 is 34.2 Å². The standard InChI is InChI=1S/C14H6Cl2F3N3/c15-11-8-5-6-10(20-12(8)22-13(16)21-11)7-3-1-2-4-9(7)14(17,18)19/h1-6H. The Kier molecular flexibility index (Phi) is 3.66. The van der Waals surface area contributed by atoms with E-state index in [4.69, 9.17) is 23.2 Å². The van der Waals surface area contributed by atoms with Crippen LogP contribution in [0.25, 0.3) is 22.3 Å². The van der Waals surface area contributed by atoms with Gasteiger partial charge in [-0.05, 0) is 29.8 Å². The molecule has 0 aliphatic rings. The molecule has 8 heteroatoms. The number of alkyl halides is 3. The van der Waals surface area contributed by atoms with Gasteiger partial charge in [-0.3, -0.25) is 0 Å². The van der Waals surface area contributed by atoms with Gasteiger partial charge in [0.2, 0.25) is 5.28 Å². The first kappa shape index (κ1) is 15.0. The summed E-state index contributed by atoms with van der Waals surface area (Å²) >= 11 is 11.6. The zero-order valence-electron chi connectivity index (χ0n) is 10.7. The summed E-state index contributed by atoms with van der Waals surface area (Å²) in [5.41, 5.74) is -0.540.